The summed E-state index contributed by atoms with van der Waals surface area (Å²) in [5, 5.41) is 0. The predicted molar refractivity (Wildman–Crippen MR) is 95.1 cm³/mol. The fourth-order valence-electron chi connectivity index (χ4n) is 2.29. The van der Waals surface area contributed by atoms with E-state index in [9.17, 15) is 0 Å². The molecule has 1 atom stereocenters. The Balaban J connectivity index is 2.66. The number of halogens is 3. The molecule has 0 amide bonds. The molecule has 0 saturated carbocycles. The van der Waals surface area contributed by atoms with Crippen LogP contribution < -0.4 is 4.74 Å². The summed E-state index contributed by atoms with van der Waals surface area (Å²) >= 11 is 11.1. The largest absolute Gasteiger partial charge is 0.496 e. The minimum atomic E-state index is 0.0734. The molecule has 0 aliphatic carbocycles. The molecule has 4 heteroatoms. The van der Waals surface area contributed by atoms with Crippen LogP contribution in [0.25, 0.3) is 0 Å². The third-order valence-electron chi connectivity index (χ3n) is 3.34. The van der Waals surface area contributed by atoms with Crippen LogP contribution in [0.3, 0.4) is 0 Å². The molecule has 0 bridgehead atoms. The van der Waals surface area contributed by atoms with Crippen molar-refractivity contribution in [2.75, 3.05) is 7.11 Å². The van der Waals surface area contributed by atoms with Gasteiger partial charge in [-0.25, -0.2) is 0 Å². The molecule has 0 spiro atoms. The smallest absolute Gasteiger partial charge is 0.126 e. The van der Waals surface area contributed by atoms with Crippen molar-refractivity contribution in [3.8, 4) is 5.75 Å². The summed E-state index contributed by atoms with van der Waals surface area (Å²) in [6.07, 6.45) is 0. The van der Waals surface area contributed by atoms with E-state index in [1.54, 1.807) is 7.11 Å². The highest BCUT2D eigenvalue weighted by Gasteiger charge is 2.22. The summed E-state index contributed by atoms with van der Waals surface area (Å²) < 4.78 is 7.81. The molecule has 0 N–H and O–H groups in total. The lowest BCUT2D eigenvalue weighted by Crippen LogP contribution is -2.03. The lowest BCUT2D eigenvalue weighted by atomic mass is 9.97. The van der Waals surface area contributed by atoms with E-state index in [-0.39, 0.29) is 4.83 Å². The van der Waals surface area contributed by atoms with Gasteiger partial charge in [-0.15, -0.1) is 0 Å². The molecule has 106 valence electrons. The fraction of sp³-hybridized carbons (Fsp3) is 0.250. The van der Waals surface area contributed by atoms with Crippen molar-refractivity contribution in [1.82, 2.24) is 0 Å². The first-order valence-electron chi connectivity index (χ1n) is 6.19. The zero-order valence-electron chi connectivity index (χ0n) is 11.5. The lowest BCUT2D eigenvalue weighted by molar-refractivity contribution is 0.406. The number of benzene rings is 2. The highest BCUT2D eigenvalue weighted by Crippen LogP contribution is 2.44. The molecule has 0 saturated heterocycles. The van der Waals surface area contributed by atoms with Crippen LogP contribution in [0.4, 0.5) is 0 Å². The first kappa shape index (κ1) is 16.1. The summed E-state index contributed by atoms with van der Waals surface area (Å²) in [6, 6.07) is 10.3. The van der Waals surface area contributed by atoms with Gasteiger partial charge in [-0.1, -0.05) is 66.0 Å². The van der Waals surface area contributed by atoms with Crippen molar-refractivity contribution in [3.63, 3.8) is 0 Å². The Morgan fingerprint density at radius 2 is 1.70 bits per heavy atom. The van der Waals surface area contributed by atoms with Crippen LogP contribution in [0.1, 0.15) is 27.1 Å². The predicted octanol–water partition coefficient (Wildman–Crippen LogP) is 6.32. The van der Waals surface area contributed by atoms with Gasteiger partial charge in [0.1, 0.15) is 5.75 Å². The van der Waals surface area contributed by atoms with Gasteiger partial charge in [0.2, 0.25) is 0 Å². The average molecular weight is 463 g/mol. The minimum Gasteiger partial charge on any atom is -0.496 e. The first-order valence-corrected chi connectivity index (χ1v) is 8.69. The number of ether oxygens (including phenoxy) is 1. The molecule has 2 aromatic carbocycles. The second-order valence-electron chi connectivity index (χ2n) is 4.63. The third kappa shape index (κ3) is 2.97. The van der Waals surface area contributed by atoms with E-state index in [0.717, 1.165) is 25.8 Å². The van der Waals surface area contributed by atoms with Gasteiger partial charge in [-0.05, 0) is 42.7 Å². The van der Waals surface area contributed by atoms with Crippen LogP contribution in [0, 0.1) is 13.8 Å². The zero-order chi connectivity index (χ0) is 14.9. The van der Waals surface area contributed by atoms with Gasteiger partial charge in [0.25, 0.3) is 0 Å². The van der Waals surface area contributed by atoms with E-state index in [1.165, 1.54) is 11.1 Å². The van der Waals surface area contributed by atoms with Gasteiger partial charge in [0.05, 0.1) is 11.9 Å². The summed E-state index contributed by atoms with van der Waals surface area (Å²) in [5.74, 6) is 0.934. The number of alkyl halides is 1. The molecule has 0 aliphatic heterocycles. The first-order chi connectivity index (χ1) is 9.47. The van der Waals surface area contributed by atoms with Crippen molar-refractivity contribution in [2.24, 2.45) is 0 Å². The number of rotatable bonds is 3. The van der Waals surface area contributed by atoms with Crippen LogP contribution in [0.5, 0.6) is 5.75 Å². The monoisotopic (exact) mass is 460 g/mol. The van der Waals surface area contributed by atoms with Gasteiger partial charge in [0.15, 0.2) is 0 Å². The van der Waals surface area contributed by atoms with E-state index in [2.05, 4.69) is 79.8 Å². The van der Waals surface area contributed by atoms with E-state index >= 15 is 0 Å². The van der Waals surface area contributed by atoms with Gasteiger partial charge in [-0.3, -0.25) is 0 Å². The van der Waals surface area contributed by atoms with Crippen LogP contribution in [0.2, 0.25) is 0 Å². The lowest BCUT2D eigenvalue weighted by Gasteiger charge is -2.21. The second-order valence-corrected chi connectivity index (χ2v) is 7.26. The maximum absolute atomic E-state index is 5.63. The molecule has 0 fully saturated rings. The summed E-state index contributed by atoms with van der Waals surface area (Å²) in [5.41, 5.74) is 4.65. The van der Waals surface area contributed by atoms with Crippen molar-refractivity contribution >= 4 is 47.8 Å². The highest BCUT2D eigenvalue weighted by atomic mass is 79.9. The Bertz CT molecular complexity index is 638. The summed E-state index contributed by atoms with van der Waals surface area (Å²) in [4.78, 5) is 0.0734. The van der Waals surface area contributed by atoms with E-state index < -0.39 is 0 Å². The molecular weight excluding hydrogens is 448 g/mol. The third-order valence-corrected chi connectivity index (χ3v) is 5.84. The van der Waals surface area contributed by atoms with Crippen molar-refractivity contribution in [2.45, 2.75) is 18.7 Å². The van der Waals surface area contributed by atoms with Crippen LogP contribution >= 0.6 is 47.8 Å². The topological polar surface area (TPSA) is 9.23 Å². The van der Waals surface area contributed by atoms with Gasteiger partial charge < -0.3 is 4.74 Å². The maximum atomic E-state index is 5.63. The quantitative estimate of drug-likeness (QED) is 0.485. The number of hydrogen-bond donors (Lipinski definition) is 0. The molecule has 20 heavy (non-hydrogen) atoms. The van der Waals surface area contributed by atoms with Crippen molar-refractivity contribution in [1.29, 1.82) is 0 Å². The van der Waals surface area contributed by atoms with Crippen LogP contribution in [0.15, 0.2) is 39.3 Å². The van der Waals surface area contributed by atoms with Gasteiger partial charge >= 0.3 is 0 Å². The zero-order valence-corrected chi connectivity index (χ0v) is 16.3. The molecule has 0 aromatic heterocycles. The number of hydrogen-bond acceptors (Lipinski definition) is 1. The molecule has 1 unspecified atom stereocenters. The van der Waals surface area contributed by atoms with Crippen LogP contribution in [-0.4, -0.2) is 7.11 Å². The normalized spacial score (nSPS) is 12.3. The van der Waals surface area contributed by atoms with Crippen molar-refractivity contribution in [3.05, 3.63) is 61.5 Å². The molecule has 0 radical (unpaired) electrons. The Hall–Kier alpha value is -0.320. The number of methoxy groups -OCH3 is 1. The maximum Gasteiger partial charge on any atom is 0.126 e. The Kier molecular flexibility index (Phi) is 5.32. The highest BCUT2D eigenvalue weighted by molar-refractivity contribution is 9.11. The fourth-order valence-corrected chi connectivity index (χ4v) is 4.62. The molecular formula is C16H15Br3O. The SMILES string of the molecule is COc1c(C)cc(Br)c(C)c1C(Br)c1ccccc1Br. The molecule has 0 heterocycles. The van der Waals surface area contributed by atoms with E-state index in [0.29, 0.717) is 0 Å². The summed E-state index contributed by atoms with van der Waals surface area (Å²) in [6.45, 7) is 4.17. The molecule has 2 rings (SSSR count). The van der Waals surface area contributed by atoms with E-state index in [1.807, 2.05) is 12.1 Å². The van der Waals surface area contributed by atoms with Crippen LogP contribution in [-0.2, 0) is 0 Å². The molecule has 1 nitrogen and oxygen atoms in total. The minimum absolute atomic E-state index is 0.0734. The molecule has 0 aliphatic rings. The average Bonchev–Trinajstić information content (AvgIpc) is 2.42. The Morgan fingerprint density at radius 1 is 1.05 bits per heavy atom. The molecule has 2 aromatic rings. The van der Waals surface area contributed by atoms with Crippen molar-refractivity contribution < 1.29 is 4.74 Å². The number of aryl methyl sites for hydroxylation is 1. The standard InChI is InChI=1S/C16H15Br3O/c1-9-8-13(18)10(2)14(16(9)20-3)15(19)11-6-4-5-7-12(11)17/h4-8,15H,1-3H3. The Labute approximate surface area is 145 Å². The summed E-state index contributed by atoms with van der Waals surface area (Å²) in [7, 11) is 1.72. The second kappa shape index (κ2) is 6.63. The van der Waals surface area contributed by atoms with E-state index in [4.69, 9.17) is 4.74 Å². The van der Waals surface area contributed by atoms with Gasteiger partial charge in [0, 0.05) is 14.5 Å². The Morgan fingerprint density at radius 3 is 2.30 bits per heavy atom. The van der Waals surface area contributed by atoms with Gasteiger partial charge in [-0.2, -0.15) is 0 Å².